The molecule has 0 spiro atoms. The predicted molar refractivity (Wildman–Crippen MR) is 38.5 cm³/mol. The number of alkyl halides is 5. The van der Waals surface area contributed by atoms with Crippen LogP contribution in [0.1, 0.15) is 6.92 Å². The largest absolute Gasteiger partial charge is 0.438 e. The van der Waals surface area contributed by atoms with Gasteiger partial charge in [-0.05, 0) is 0 Å². The van der Waals surface area contributed by atoms with Crippen LogP contribution in [-0.4, -0.2) is 43.8 Å². The van der Waals surface area contributed by atoms with Gasteiger partial charge in [-0.15, -0.1) is 0 Å². The van der Waals surface area contributed by atoms with E-state index in [1.54, 1.807) is 0 Å². The van der Waals surface area contributed by atoms with E-state index in [1.807, 2.05) is 0 Å². The fourth-order valence-electron chi connectivity index (χ4n) is 1.29. The lowest BCUT2D eigenvalue weighted by Gasteiger charge is -2.32. The molecule has 0 saturated carbocycles. The Bertz CT molecular complexity index is 149. The zero-order valence-electron chi connectivity index (χ0n) is 7.75. The minimum absolute atomic E-state index is 0.614. The molecule has 0 aliphatic carbocycles. The van der Waals surface area contributed by atoms with Gasteiger partial charge in [0.1, 0.15) is 6.54 Å². The Kier molecular flexibility index (Phi) is 3.30. The molecule has 0 unspecified atom stereocenters. The molecule has 0 aromatic carbocycles. The summed E-state index contributed by atoms with van der Waals surface area (Å²) in [6, 6.07) is 0. The third-order valence-corrected chi connectivity index (χ3v) is 1.31. The molecule has 0 aliphatic heterocycles. The van der Waals surface area contributed by atoms with Crippen molar-refractivity contribution in [2.24, 2.45) is 0 Å². The molecular formula is C7H13F5N+. The van der Waals surface area contributed by atoms with Crippen molar-refractivity contribution in [3.05, 3.63) is 0 Å². The van der Waals surface area contributed by atoms with Crippen molar-refractivity contribution in [3.63, 3.8) is 0 Å². The number of nitrogens with zero attached hydrogens (tertiary/aromatic N) is 1. The van der Waals surface area contributed by atoms with Crippen LogP contribution in [0.2, 0.25) is 0 Å². The van der Waals surface area contributed by atoms with Crippen LogP contribution in [-0.2, 0) is 0 Å². The van der Waals surface area contributed by atoms with Crippen LogP contribution >= 0.6 is 0 Å². The summed E-state index contributed by atoms with van der Waals surface area (Å²) in [7, 11) is 2.26. The van der Waals surface area contributed by atoms with Gasteiger partial charge in [0.25, 0.3) is 5.92 Å². The van der Waals surface area contributed by atoms with E-state index < -0.39 is 29.7 Å². The van der Waals surface area contributed by atoms with E-state index in [0.717, 1.165) is 14.1 Å². The van der Waals surface area contributed by atoms with E-state index >= 15 is 0 Å². The molecule has 0 rings (SSSR count). The molecule has 0 heterocycles. The highest BCUT2D eigenvalue weighted by molar-refractivity contribution is 4.57. The summed E-state index contributed by atoms with van der Waals surface area (Å²) < 4.78 is 59.7. The Hall–Kier alpha value is -0.390. The van der Waals surface area contributed by atoms with Crippen LogP contribution in [0.15, 0.2) is 0 Å². The third-order valence-electron chi connectivity index (χ3n) is 1.31. The highest BCUT2D eigenvalue weighted by atomic mass is 19.4. The second-order valence-corrected chi connectivity index (χ2v) is 3.94. The summed E-state index contributed by atoms with van der Waals surface area (Å²) in [4.78, 5) is 0. The van der Waals surface area contributed by atoms with Crippen molar-refractivity contribution in [2.75, 3.05) is 27.2 Å². The molecule has 0 fully saturated rings. The minimum Gasteiger partial charge on any atom is -0.316 e. The van der Waals surface area contributed by atoms with Crippen molar-refractivity contribution in [2.45, 2.75) is 19.0 Å². The van der Waals surface area contributed by atoms with E-state index in [4.69, 9.17) is 0 Å². The normalized spacial score (nSPS) is 14.8. The van der Waals surface area contributed by atoms with E-state index in [1.165, 1.54) is 0 Å². The average Bonchev–Trinajstić information content (AvgIpc) is 1.43. The summed E-state index contributed by atoms with van der Waals surface area (Å²) in [5, 5.41) is 0. The minimum atomic E-state index is -4.41. The molecule has 0 aromatic heterocycles. The van der Waals surface area contributed by atoms with Crippen LogP contribution in [0, 0.1) is 0 Å². The van der Waals surface area contributed by atoms with Gasteiger partial charge in [-0.2, -0.15) is 13.2 Å². The van der Waals surface area contributed by atoms with Gasteiger partial charge < -0.3 is 4.48 Å². The molecule has 13 heavy (non-hydrogen) atoms. The summed E-state index contributed by atoms with van der Waals surface area (Å²) >= 11 is 0. The number of quaternary nitrogens is 1. The van der Waals surface area contributed by atoms with Gasteiger partial charge in [-0.1, -0.05) is 0 Å². The highest BCUT2D eigenvalue weighted by Gasteiger charge is 2.41. The zero-order chi connectivity index (χ0) is 10.9. The van der Waals surface area contributed by atoms with Crippen molar-refractivity contribution in [1.29, 1.82) is 0 Å². The fourth-order valence-corrected chi connectivity index (χ4v) is 1.29. The van der Waals surface area contributed by atoms with Crippen molar-refractivity contribution in [1.82, 2.24) is 0 Å². The lowest BCUT2D eigenvalue weighted by molar-refractivity contribution is -0.907. The van der Waals surface area contributed by atoms with Crippen LogP contribution in [0.3, 0.4) is 0 Å². The van der Waals surface area contributed by atoms with Crippen LogP contribution in [0.5, 0.6) is 0 Å². The smallest absolute Gasteiger partial charge is 0.316 e. The number of rotatable bonds is 3. The summed E-state index contributed by atoms with van der Waals surface area (Å²) in [5.74, 6) is -3.07. The van der Waals surface area contributed by atoms with Crippen LogP contribution in [0.4, 0.5) is 22.0 Å². The molecule has 6 heteroatoms. The van der Waals surface area contributed by atoms with E-state index in [-0.39, 0.29) is 0 Å². The molecule has 0 aliphatic rings. The molecule has 80 valence electrons. The quantitative estimate of drug-likeness (QED) is 0.491. The molecule has 0 N–H and O–H groups in total. The summed E-state index contributed by atoms with van der Waals surface area (Å²) in [6.45, 7) is -1.44. The standard InChI is InChI=1S/C7H13F5N/c1-6(8,9)4-13(2,3)5-7(10,11)12/h4-5H2,1-3H3/q+1. The first-order chi connectivity index (χ1) is 5.41. The molecule has 0 amide bonds. The van der Waals surface area contributed by atoms with Crippen LogP contribution < -0.4 is 0 Å². The van der Waals surface area contributed by atoms with Gasteiger partial charge in [0.15, 0.2) is 6.54 Å². The molecule has 0 radical (unpaired) electrons. The van der Waals surface area contributed by atoms with Crippen molar-refractivity contribution < 1.29 is 26.4 Å². The fraction of sp³-hybridized carbons (Fsp3) is 1.00. The molecule has 0 aromatic rings. The average molecular weight is 206 g/mol. The lowest BCUT2D eigenvalue weighted by atomic mass is 10.3. The maximum absolute atomic E-state index is 12.4. The van der Waals surface area contributed by atoms with E-state index in [2.05, 4.69) is 0 Å². The SMILES string of the molecule is CC(F)(F)C[N+](C)(C)CC(F)(F)F. The van der Waals surface area contributed by atoms with E-state index in [9.17, 15) is 22.0 Å². The Labute approximate surface area is 73.7 Å². The maximum atomic E-state index is 12.4. The first kappa shape index (κ1) is 12.6. The van der Waals surface area contributed by atoms with Gasteiger partial charge in [-0.3, -0.25) is 0 Å². The number of hydrogen-bond donors (Lipinski definition) is 0. The number of hydrogen-bond acceptors (Lipinski definition) is 0. The highest BCUT2D eigenvalue weighted by Crippen LogP contribution is 2.23. The Morgan fingerprint density at radius 1 is 0.923 bits per heavy atom. The van der Waals surface area contributed by atoms with Gasteiger partial charge >= 0.3 is 6.18 Å². The monoisotopic (exact) mass is 206 g/mol. The van der Waals surface area contributed by atoms with Gasteiger partial charge in [-0.25, -0.2) is 8.78 Å². The molecule has 1 nitrogen and oxygen atoms in total. The summed E-state index contributed by atoms with van der Waals surface area (Å²) in [6.07, 6.45) is -4.41. The molecule has 0 atom stereocenters. The Morgan fingerprint density at radius 2 is 1.31 bits per heavy atom. The zero-order valence-corrected chi connectivity index (χ0v) is 7.75. The van der Waals surface area contributed by atoms with Gasteiger partial charge in [0.05, 0.1) is 14.1 Å². The topological polar surface area (TPSA) is 0 Å². The molecular weight excluding hydrogens is 193 g/mol. The second-order valence-electron chi connectivity index (χ2n) is 3.94. The first-order valence-electron chi connectivity index (χ1n) is 3.68. The molecule has 0 saturated heterocycles. The second kappa shape index (κ2) is 3.40. The first-order valence-corrected chi connectivity index (χ1v) is 3.68. The van der Waals surface area contributed by atoms with Crippen molar-refractivity contribution >= 4 is 0 Å². The van der Waals surface area contributed by atoms with Crippen LogP contribution in [0.25, 0.3) is 0 Å². The number of halogens is 5. The molecule has 0 bridgehead atoms. The van der Waals surface area contributed by atoms with Crippen molar-refractivity contribution in [3.8, 4) is 0 Å². The van der Waals surface area contributed by atoms with E-state index in [0.29, 0.717) is 6.92 Å². The van der Waals surface area contributed by atoms with Gasteiger partial charge in [0.2, 0.25) is 0 Å². The Balaban J connectivity index is 4.25. The maximum Gasteiger partial charge on any atom is 0.438 e. The van der Waals surface area contributed by atoms with Gasteiger partial charge in [0, 0.05) is 6.92 Å². The lowest BCUT2D eigenvalue weighted by Crippen LogP contribution is -2.51. The summed E-state index contributed by atoms with van der Waals surface area (Å²) in [5.41, 5.74) is 0. The predicted octanol–water partition coefficient (Wildman–Crippen LogP) is 2.28. The third kappa shape index (κ3) is 7.95. The Morgan fingerprint density at radius 3 is 1.54 bits per heavy atom.